The Morgan fingerprint density at radius 2 is 1.86 bits per heavy atom. The van der Waals surface area contributed by atoms with Crippen LogP contribution in [0.4, 0.5) is 15.8 Å². The van der Waals surface area contributed by atoms with E-state index in [9.17, 15) is 9.18 Å². The molecule has 2 N–H and O–H groups in total. The first-order chi connectivity index (χ1) is 13.5. The van der Waals surface area contributed by atoms with Crippen molar-refractivity contribution in [2.24, 2.45) is 0 Å². The number of rotatable bonds is 7. The molecule has 0 aliphatic heterocycles. The number of aromatic nitrogens is 1. The number of carbonyl (C=O) groups is 1. The van der Waals surface area contributed by atoms with E-state index in [4.69, 9.17) is 16.3 Å². The van der Waals surface area contributed by atoms with Gasteiger partial charge in [0.2, 0.25) is 0 Å². The number of nitrogens with zero attached hydrogens (tertiary/aromatic N) is 1. The number of pyridine rings is 1. The van der Waals surface area contributed by atoms with Crippen molar-refractivity contribution in [3.63, 3.8) is 0 Å². The zero-order chi connectivity index (χ0) is 19.9. The minimum atomic E-state index is -0.334. The molecule has 0 atom stereocenters. The third kappa shape index (κ3) is 5.20. The van der Waals surface area contributed by atoms with E-state index in [-0.39, 0.29) is 17.4 Å². The molecule has 0 saturated carbocycles. The van der Waals surface area contributed by atoms with Gasteiger partial charge >= 0.3 is 0 Å². The number of amides is 1. The Hall–Kier alpha value is -3.12. The first-order valence-electron chi connectivity index (χ1n) is 8.64. The van der Waals surface area contributed by atoms with E-state index in [1.807, 2.05) is 0 Å². The first kappa shape index (κ1) is 19.6. The van der Waals surface area contributed by atoms with Crippen molar-refractivity contribution in [2.75, 3.05) is 24.3 Å². The van der Waals surface area contributed by atoms with Gasteiger partial charge in [-0.25, -0.2) is 9.37 Å². The van der Waals surface area contributed by atoms with Gasteiger partial charge in [-0.05, 0) is 54.4 Å². The number of nitrogens with one attached hydrogen (secondary N) is 2. The van der Waals surface area contributed by atoms with Crippen LogP contribution >= 0.6 is 11.6 Å². The van der Waals surface area contributed by atoms with Crippen molar-refractivity contribution in [3.8, 4) is 5.75 Å². The highest BCUT2D eigenvalue weighted by Gasteiger charge is 2.09. The molecule has 0 fully saturated rings. The molecule has 0 aliphatic rings. The van der Waals surface area contributed by atoms with Crippen molar-refractivity contribution in [2.45, 2.75) is 6.42 Å². The average molecular weight is 400 g/mol. The van der Waals surface area contributed by atoms with Crippen LogP contribution in [0.3, 0.4) is 0 Å². The molecule has 2 aromatic carbocycles. The monoisotopic (exact) mass is 399 g/mol. The highest BCUT2D eigenvalue weighted by Crippen LogP contribution is 2.27. The van der Waals surface area contributed by atoms with Crippen molar-refractivity contribution in [1.82, 2.24) is 4.98 Å². The quantitative estimate of drug-likeness (QED) is 0.599. The molecular formula is C21H19ClFN3O2. The van der Waals surface area contributed by atoms with Crippen LogP contribution in [0.1, 0.15) is 16.1 Å². The summed E-state index contributed by atoms with van der Waals surface area (Å²) in [6.45, 7) is 0.670. The maximum atomic E-state index is 12.9. The lowest BCUT2D eigenvalue weighted by Gasteiger charge is -2.09. The van der Waals surface area contributed by atoms with Crippen molar-refractivity contribution >= 4 is 28.9 Å². The van der Waals surface area contributed by atoms with Gasteiger partial charge in [-0.15, -0.1) is 0 Å². The summed E-state index contributed by atoms with van der Waals surface area (Å²) in [4.78, 5) is 16.5. The van der Waals surface area contributed by atoms with Crippen LogP contribution in [0.25, 0.3) is 0 Å². The normalized spacial score (nSPS) is 10.4. The molecule has 1 aromatic heterocycles. The molecule has 5 nitrogen and oxygen atoms in total. The number of carbonyl (C=O) groups excluding carboxylic acids is 1. The number of ether oxygens (including phenoxy) is 1. The van der Waals surface area contributed by atoms with Crippen molar-refractivity contribution in [1.29, 1.82) is 0 Å². The Bertz CT molecular complexity index is 947. The van der Waals surface area contributed by atoms with Gasteiger partial charge in [-0.2, -0.15) is 0 Å². The number of anilines is 2. The van der Waals surface area contributed by atoms with Crippen molar-refractivity contribution in [3.05, 3.63) is 82.9 Å². The number of hydrogen-bond donors (Lipinski definition) is 2. The van der Waals surface area contributed by atoms with Crippen LogP contribution in [-0.4, -0.2) is 24.5 Å². The fourth-order valence-corrected chi connectivity index (χ4v) is 2.83. The zero-order valence-corrected chi connectivity index (χ0v) is 16.0. The van der Waals surface area contributed by atoms with E-state index >= 15 is 0 Å². The van der Waals surface area contributed by atoms with E-state index in [1.54, 1.807) is 48.7 Å². The summed E-state index contributed by atoms with van der Waals surface area (Å²) >= 11 is 6.06. The Kier molecular flexibility index (Phi) is 6.45. The van der Waals surface area contributed by atoms with E-state index in [0.29, 0.717) is 23.0 Å². The van der Waals surface area contributed by atoms with Gasteiger partial charge in [0.15, 0.2) is 0 Å². The maximum Gasteiger partial charge on any atom is 0.274 e. The summed E-state index contributed by atoms with van der Waals surface area (Å²) in [6, 6.07) is 14.8. The fourth-order valence-electron chi connectivity index (χ4n) is 2.57. The van der Waals surface area contributed by atoms with Crippen LogP contribution in [-0.2, 0) is 6.42 Å². The molecule has 0 bridgehead atoms. The van der Waals surface area contributed by atoms with E-state index in [1.165, 1.54) is 19.2 Å². The Labute approximate surface area is 167 Å². The van der Waals surface area contributed by atoms with E-state index in [2.05, 4.69) is 15.6 Å². The lowest BCUT2D eigenvalue weighted by molar-refractivity contribution is 0.102. The molecule has 144 valence electrons. The average Bonchev–Trinajstić information content (AvgIpc) is 2.70. The smallest absolute Gasteiger partial charge is 0.274 e. The molecule has 1 amide bonds. The molecule has 28 heavy (non-hydrogen) atoms. The predicted molar refractivity (Wildman–Crippen MR) is 109 cm³/mol. The molecule has 0 unspecified atom stereocenters. The zero-order valence-electron chi connectivity index (χ0n) is 15.2. The SMILES string of the molecule is COc1ccc(NC(=O)c2ccc(NCCc3ccc(F)cc3)cn2)cc1Cl. The van der Waals surface area contributed by atoms with Crippen LogP contribution in [0.2, 0.25) is 5.02 Å². The molecule has 1 heterocycles. The maximum absolute atomic E-state index is 12.9. The fraction of sp³-hybridized carbons (Fsp3) is 0.143. The summed E-state index contributed by atoms with van der Waals surface area (Å²) in [5.41, 5.74) is 2.68. The molecule has 0 spiro atoms. The summed E-state index contributed by atoms with van der Waals surface area (Å²) in [7, 11) is 1.53. The Balaban J connectivity index is 1.53. The Morgan fingerprint density at radius 3 is 2.50 bits per heavy atom. The predicted octanol–water partition coefficient (Wildman–Crippen LogP) is 4.79. The highest BCUT2D eigenvalue weighted by molar-refractivity contribution is 6.32. The minimum Gasteiger partial charge on any atom is -0.495 e. The first-order valence-corrected chi connectivity index (χ1v) is 9.02. The topological polar surface area (TPSA) is 63.2 Å². The lowest BCUT2D eigenvalue weighted by atomic mass is 10.1. The van der Waals surface area contributed by atoms with Crippen LogP contribution in [0.5, 0.6) is 5.75 Å². The number of methoxy groups -OCH3 is 1. The second-order valence-electron chi connectivity index (χ2n) is 6.04. The highest BCUT2D eigenvalue weighted by atomic mass is 35.5. The van der Waals surface area contributed by atoms with Gasteiger partial charge in [0, 0.05) is 12.2 Å². The Morgan fingerprint density at radius 1 is 1.11 bits per heavy atom. The third-order valence-corrected chi connectivity index (χ3v) is 4.36. The second kappa shape index (κ2) is 9.19. The standard InChI is InChI=1S/C21H19ClFN3O2/c1-28-20-9-7-16(12-18(20)22)26-21(27)19-8-6-17(13-25-19)24-11-10-14-2-4-15(23)5-3-14/h2-9,12-13,24H,10-11H2,1H3,(H,26,27). The van der Waals surface area contributed by atoms with Crippen LogP contribution in [0.15, 0.2) is 60.8 Å². The van der Waals surface area contributed by atoms with Gasteiger partial charge < -0.3 is 15.4 Å². The second-order valence-corrected chi connectivity index (χ2v) is 6.45. The summed E-state index contributed by atoms with van der Waals surface area (Å²) in [5.74, 6) is -0.0420. The molecular weight excluding hydrogens is 381 g/mol. The molecule has 0 saturated heterocycles. The van der Waals surface area contributed by atoms with Gasteiger partial charge in [-0.1, -0.05) is 23.7 Å². The van der Waals surface area contributed by atoms with Crippen LogP contribution in [0, 0.1) is 5.82 Å². The third-order valence-electron chi connectivity index (χ3n) is 4.06. The molecule has 3 rings (SSSR count). The van der Waals surface area contributed by atoms with Crippen molar-refractivity contribution < 1.29 is 13.9 Å². The van der Waals surface area contributed by atoms with Gasteiger partial charge in [-0.3, -0.25) is 4.79 Å². The largest absolute Gasteiger partial charge is 0.495 e. The van der Waals surface area contributed by atoms with Gasteiger partial charge in [0.1, 0.15) is 17.3 Å². The number of benzene rings is 2. The molecule has 0 aliphatic carbocycles. The number of hydrogen-bond acceptors (Lipinski definition) is 4. The van der Waals surface area contributed by atoms with Gasteiger partial charge in [0.25, 0.3) is 5.91 Å². The van der Waals surface area contributed by atoms with E-state index < -0.39 is 0 Å². The number of halogens is 2. The minimum absolute atomic E-state index is 0.244. The van der Waals surface area contributed by atoms with E-state index in [0.717, 1.165) is 17.7 Å². The molecule has 3 aromatic rings. The molecule has 0 radical (unpaired) electrons. The lowest BCUT2D eigenvalue weighted by Crippen LogP contribution is -2.14. The molecule has 7 heteroatoms. The van der Waals surface area contributed by atoms with Gasteiger partial charge in [0.05, 0.1) is 24.0 Å². The van der Waals surface area contributed by atoms with Crippen LogP contribution < -0.4 is 15.4 Å². The summed E-state index contributed by atoms with van der Waals surface area (Å²) in [6.07, 6.45) is 2.35. The summed E-state index contributed by atoms with van der Waals surface area (Å²) < 4.78 is 18.0. The summed E-state index contributed by atoms with van der Waals surface area (Å²) in [5, 5.41) is 6.38.